The normalized spacial score (nSPS) is 24.9. The highest BCUT2D eigenvalue weighted by Crippen LogP contribution is 2.20. The maximum Gasteiger partial charge on any atom is 0.251 e. The van der Waals surface area contributed by atoms with E-state index in [1.54, 1.807) is 0 Å². The van der Waals surface area contributed by atoms with Gasteiger partial charge in [-0.3, -0.25) is 15.1 Å². The Labute approximate surface area is 95.9 Å². The van der Waals surface area contributed by atoms with Gasteiger partial charge in [-0.15, -0.1) is 0 Å². The Morgan fingerprint density at radius 1 is 1.73 bits per heavy atom. The molecular formula is C10H21N3OS. The van der Waals surface area contributed by atoms with Crippen molar-refractivity contribution in [3.8, 4) is 0 Å². The van der Waals surface area contributed by atoms with Crippen LogP contribution in [0.1, 0.15) is 26.7 Å². The van der Waals surface area contributed by atoms with Crippen molar-refractivity contribution >= 4 is 17.7 Å². The molecule has 1 rings (SSSR count). The summed E-state index contributed by atoms with van der Waals surface area (Å²) in [6.45, 7) is 5.27. The molecule has 0 bridgehead atoms. The second-order valence-electron chi connectivity index (χ2n) is 3.97. The first-order valence-electron chi connectivity index (χ1n) is 5.54. The molecule has 1 aliphatic rings. The Hall–Kier alpha value is -0.260. The third-order valence-electron chi connectivity index (χ3n) is 2.83. The van der Waals surface area contributed by atoms with Gasteiger partial charge in [-0.05, 0) is 13.3 Å². The molecule has 0 aromatic heterocycles. The molecule has 0 aliphatic carbocycles. The third-order valence-corrected chi connectivity index (χ3v) is 4.02. The van der Waals surface area contributed by atoms with Gasteiger partial charge in [0.25, 0.3) is 5.91 Å². The molecule has 1 heterocycles. The first-order chi connectivity index (χ1) is 7.20. The molecule has 1 fully saturated rings. The van der Waals surface area contributed by atoms with E-state index in [-0.39, 0.29) is 11.9 Å². The topological polar surface area (TPSA) is 58.4 Å². The number of hydrazine groups is 1. The van der Waals surface area contributed by atoms with Gasteiger partial charge in [-0.25, -0.2) is 5.84 Å². The summed E-state index contributed by atoms with van der Waals surface area (Å²) in [4.78, 5) is 13.9. The van der Waals surface area contributed by atoms with Crippen LogP contribution in [-0.4, -0.2) is 40.9 Å². The summed E-state index contributed by atoms with van der Waals surface area (Å²) in [6, 6.07) is 0.425. The summed E-state index contributed by atoms with van der Waals surface area (Å²) >= 11 is 1.96. The number of nitrogens with zero attached hydrogens (tertiary/aromatic N) is 1. The van der Waals surface area contributed by atoms with Crippen molar-refractivity contribution in [2.75, 3.05) is 18.1 Å². The van der Waals surface area contributed by atoms with Crippen LogP contribution >= 0.6 is 11.8 Å². The number of rotatable bonds is 4. The van der Waals surface area contributed by atoms with Gasteiger partial charge in [-0.1, -0.05) is 13.3 Å². The van der Waals surface area contributed by atoms with Crippen LogP contribution in [0.5, 0.6) is 0 Å². The molecule has 0 aromatic carbocycles. The highest BCUT2D eigenvalue weighted by atomic mass is 32.2. The molecule has 1 saturated heterocycles. The van der Waals surface area contributed by atoms with Crippen molar-refractivity contribution in [1.82, 2.24) is 10.3 Å². The van der Waals surface area contributed by atoms with Crippen molar-refractivity contribution in [2.45, 2.75) is 38.8 Å². The molecule has 0 saturated carbocycles. The summed E-state index contributed by atoms with van der Waals surface area (Å²) < 4.78 is 0. The smallest absolute Gasteiger partial charge is 0.251 e. The van der Waals surface area contributed by atoms with Crippen LogP contribution in [0.15, 0.2) is 0 Å². The quantitative estimate of drug-likeness (QED) is 0.422. The lowest BCUT2D eigenvalue weighted by Crippen LogP contribution is -2.54. The minimum atomic E-state index is -0.0457. The number of carbonyl (C=O) groups excluding carboxylic acids is 1. The maximum atomic E-state index is 11.7. The lowest BCUT2D eigenvalue weighted by Gasteiger charge is -2.38. The molecule has 1 aliphatic heterocycles. The first-order valence-corrected chi connectivity index (χ1v) is 6.70. The fourth-order valence-electron chi connectivity index (χ4n) is 2.02. The van der Waals surface area contributed by atoms with E-state index in [1.165, 1.54) is 0 Å². The van der Waals surface area contributed by atoms with Gasteiger partial charge >= 0.3 is 0 Å². The summed E-state index contributed by atoms with van der Waals surface area (Å²) in [5.41, 5.74) is 2.28. The maximum absolute atomic E-state index is 11.7. The fraction of sp³-hybridized carbons (Fsp3) is 0.900. The molecular weight excluding hydrogens is 210 g/mol. The summed E-state index contributed by atoms with van der Waals surface area (Å²) in [7, 11) is 0. The van der Waals surface area contributed by atoms with E-state index in [0.717, 1.165) is 30.9 Å². The zero-order chi connectivity index (χ0) is 11.3. The van der Waals surface area contributed by atoms with Gasteiger partial charge in [0.2, 0.25) is 0 Å². The Bertz CT molecular complexity index is 213. The summed E-state index contributed by atoms with van der Waals surface area (Å²) in [5, 5.41) is 0. The Balaban J connectivity index is 2.64. The van der Waals surface area contributed by atoms with Crippen LogP contribution in [0.25, 0.3) is 0 Å². The van der Waals surface area contributed by atoms with E-state index in [9.17, 15) is 4.79 Å². The van der Waals surface area contributed by atoms with Gasteiger partial charge in [-0.2, -0.15) is 11.8 Å². The highest BCUT2D eigenvalue weighted by molar-refractivity contribution is 7.99. The summed E-state index contributed by atoms with van der Waals surface area (Å²) in [6.07, 6.45) is 1.90. The standard InChI is InChI=1S/C10H21N3OS/c1-3-4-9(10(14)12-11)13-5-6-15-7-8(13)2/h8-9H,3-7,11H2,1-2H3,(H,12,14). The minimum absolute atomic E-state index is 0.0455. The lowest BCUT2D eigenvalue weighted by molar-refractivity contribution is -0.127. The number of hydrogen-bond acceptors (Lipinski definition) is 4. The molecule has 0 radical (unpaired) electrons. The Morgan fingerprint density at radius 2 is 2.47 bits per heavy atom. The van der Waals surface area contributed by atoms with Gasteiger partial charge < -0.3 is 0 Å². The first kappa shape index (κ1) is 12.8. The SMILES string of the molecule is CCCC(C(=O)NN)N1CCSCC1C. The van der Waals surface area contributed by atoms with E-state index in [2.05, 4.69) is 24.2 Å². The van der Waals surface area contributed by atoms with Gasteiger partial charge in [0.15, 0.2) is 0 Å². The van der Waals surface area contributed by atoms with E-state index in [4.69, 9.17) is 5.84 Å². The monoisotopic (exact) mass is 231 g/mol. The van der Waals surface area contributed by atoms with E-state index in [0.29, 0.717) is 6.04 Å². The average Bonchev–Trinajstić information content (AvgIpc) is 2.26. The van der Waals surface area contributed by atoms with E-state index < -0.39 is 0 Å². The largest absolute Gasteiger partial charge is 0.293 e. The van der Waals surface area contributed by atoms with Gasteiger partial charge in [0, 0.05) is 24.1 Å². The molecule has 5 heteroatoms. The second kappa shape index (κ2) is 6.35. The van der Waals surface area contributed by atoms with Crippen molar-refractivity contribution in [3.63, 3.8) is 0 Å². The molecule has 1 amide bonds. The number of thioether (sulfide) groups is 1. The van der Waals surface area contributed by atoms with Crippen LogP contribution in [0.2, 0.25) is 0 Å². The van der Waals surface area contributed by atoms with Crippen LogP contribution in [0.3, 0.4) is 0 Å². The zero-order valence-electron chi connectivity index (χ0n) is 9.53. The molecule has 15 heavy (non-hydrogen) atoms. The minimum Gasteiger partial charge on any atom is -0.293 e. The molecule has 2 unspecified atom stereocenters. The molecule has 0 aromatic rings. The average molecular weight is 231 g/mol. The number of nitrogens with two attached hydrogens (primary N) is 1. The van der Waals surface area contributed by atoms with E-state index >= 15 is 0 Å². The van der Waals surface area contributed by atoms with Crippen LogP contribution in [-0.2, 0) is 4.79 Å². The molecule has 3 N–H and O–H groups in total. The third kappa shape index (κ3) is 3.36. The van der Waals surface area contributed by atoms with Gasteiger partial charge in [0.05, 0.1) is 6.04 Å². The molecule has 88 valence electrons. The summed E-state index contributed by atoms with van der Waals surface area (Å²) in [5.74, 6) is 7.40. The van der Waals surface area contributed by atoms with E-state index in [1.807, 2.05) is 11.8 Å². The number of nitrogens with one attached hydrogen (secondary N) is 1. The zero-order valence-corrected chi connectivity index (χ0v) is 10.3. The van der Waals surface area contributed by atoms with Crippen LogP contribution < -0.4 is 11.3 Å². The Kier molecular flexibility index (Phi) is 5.42. The number of carbonyl (C=O) groups is 1. The predicted octanol–water partition coefficient (Wildman–Crippen LogP) is 0.582. The van der Waals surface area contributed by atoms with Gasteiger partial charge in [0.1, 0.15) is 0 Å². The van der Waals surface area contributed by atoms with Crippen molar-refractivity contribution in [3.05, 3.63) is 0 Å². The van der Waals surface area contributed by atoms with Crippen molar-refractivity contribution in [2.24, 2.45) is 5.84 Å². The second-order valence-corrected chi connectivity index (χ2v) is 5.12. The molecule has 2 atom stereocenters. The van der Waals surface area contributed by atoms with Crippen LogP contribution in [0, 0.1) is 0 Å². The molecule has 0 spiro atoms. The fourth-order valence-corrected chi connectivity index (χ4v) is 3.06. The number of hydrogen-bond donors (Lipinski definition) is 2. The van der Waals surface area contributed by atoms with Crippen molar-refractivity contribution < 1.29 is 4.79 Å². The number of amides is 1. The van der Waals surface area contributed by atoms with Crippen molar-refractivity contribution in [1.29, 1.82) is 0 Å². The lowest BCUT2D eigenvalue weighted by atomic mass is 10.1. The Morgan fingerprint density at radius 3 is 3.00 bits per heavy atom. The van der Waals surface area contributed by atoms with Crippen LogP contribution in [0.4, 0.5) is 0 Å². The highest BCUT2D eigenvalue weighted by Gasteiger charge is 2.30. The predicted molar refractivity (Wildman–Crippen MR) is 64.5 cm³/mol. The molecule has 4 nitrogen and oxygen atoms in total.